The molecule has 112 valence electrons. The fraction of sp³-hybridized carbons (Fsp3) is 0.533. The molecule has 0 aromatic carbocycles. The molecule has 21 heavy (non-hydrogen) atoms. The van der Waals surface area contributed by atoms with Crippen molar-refractivity contribution < 1.29 is 4.79 Å². The van der Waals surface area contributed by atoms with Crippen LogP contribution in [0.15, 0.2) is 16.1 Å². The van der Waals surface area contributed by atoms with Gasteiger partial charge in [-0.05, 0) is 50.9 Å². The first-order valence-corrected chi connectivity index (χ1v) is 8.30. The minimum atomic E-state index is -0.121. The molecule has 0 spiro atoms. The zero-order chi connectivity index (χ0) is 14.8. The standard InChI is InChI=1S/C15H20N4OS/c1-3-19-11(2)12(10-16-19)9-13-14(20)17-15(21-13)18-7-5-4-6-8-18/h9-10H,3-8H2,1-2H3. The summed E-state index contributed by atoms with van der Waals surface area (Å²) in [5.74, 6) is -0.121. The zero-order valence-corrected chi connectivity index (χ0v) is 13.3. The Labute approximate surface area is 129 Å². The molecule has 0 radical (unpaired) electrons. The van der Waals surface area contributed by atoms with Crippen molar-refractivity contribution in [1.29, 1.82) is 0 Å². The van der Waals surface area contributed by atoms with Gasteiger partial charge in [0.1, 0.15) is 0 Å². The quantitative estimate of drug-likeness (QED) is 0.788. The van der Waals surface area contributed by atoms with E-state index in [0.717, 1.165) is 36.1 Å². The highest BCUT2D eigenvalue weighted by molar-refractivity contribution is 8.18. The summed E-state index contributed by atoms with van der Waals surface area (Å²) in [7, 11) is 0. The summed E-state index contributed by atoms with van der Waals surface area (Å²) in [4.78, 5) is 19.2. The van der Waals surface area contributed by atoms with Gasteiger partial charge in [-0.1, -0.05) is 0 Å². The molecule has 3 rings (SSSR count). The van der Waals surface area contributed by atoms with Gasteiger partial charge in [0, 0.05) is 30.9 Å². The predicted octanol–water partition coefficient (Wildman–Crippen LogP) is 2.67. The van der Waals surface area contributed by atoms with Crippen molar-refractivity contribution in [2.75, 3.05) is 13.1 Å². The summed E-state index contributed by atoms with van der Waals surface area (Å²) >= 11 is 1.50. The van der Waals surface area contributed by atoms with E-state index in [2.05, 4.69) is 21.9 Å². The van der Waals surface area contributed by atoms with Crippen LogP contribution in [-0.2, 0) is 11.3 Å². The van der Waals surface area contributed by atoms with Crippen molar-refractivity contribution >= 4 is 28.9 Å². The molecule has 0 aliphatic carbocycles. The molecule has 0 unspecified atom stereocenters. The molecule has 1 aromatic rings. The fourth-order valence-corrected chi connectivity index (χ4v) is 3.64. The van der Waals surface area contributed by atoms with Crippen LogP contribution >= 0.6 is 11.8 Å². The summed E-state index contributed by atoms with van der Waals surface area (Å²) < 4.78 is 1.93. The summed E-state index contributed by atoms with van der Waals surface area (Å²) in [5, 5.41) is 5.18. The molecule has 0 N–H and O–H groups in total. The highest BCUT2D eigenvalue weighted by Gasteiger charge is 2.27. The number of hydrogen-bond donors (Lipinski definition) is 0. The predicted molar refractivity (Wildman–Crippen MR) is 86.1 cm³/mol. The Kier molecular flexibility index (Phi) is 4.14. The zero-order valence-electron chi connectivity index (χ0n) is 12.5. The lowest BCUT2D eigenvalue weighted by Gasteiger charge is -2.27. The molecular formula is C15H20N4OS. The van der Waals surface area contributed by atoms with Gasteiger partial charge < -0.3 is 4.90 Å². The average Bonchev–Trinajstić information content (AvgIpc) is 3.05. The van der Waals surface area contributed by atoms with Crippen LogP contribution in [0.2, 0.25) is 0 Å². The number of rotatable bonds is 2. The molecule has 0 bridgehead atoms. The molecule has 1 aromatic heterocycles. The van der Waals surface area contributed by atoms with E-state index >= 15 is 0 Å². The van der Waals surface area contributed by atoms with E-state index in [1.54, 1.807) is 0 Å². The Morgan fingerprint density at radius 3 is 2.76 bits per heavy atom. The third-order valence-corrected chi connectivity index (χ3v) is 5.01. The number of amidine groups is 1. The molecule has 3 heterocycles. The van der Waals surface area contributed by atoms with Gasteiger partial charge in [-0.2, -0.15) is 10.1 Å². The van der Waals surface area contributed by atoms with Crippen molar-refractivity contribution in [3.05, 3.63) is 22.4 Å². The van der Waals surface area contributed by atoms with Gasteiger partial charge in [0.2, 0.25) is 0 Å². The van der Waals surface area contributed by atoms with Gasteiger partial charge in [-0.25, -0.2) is 0 Å². The van der Waals surface area contributed by atoms with Gasteiger partial charge in [-0.15, -0.1) is 0 Å². The number of carbonyl (C=O) groups is 1. The second-order valence-electron chi connectivity index (χ2n) is 5.36. The number of piperidine rings is 1. The minimum absolute atomic E-state index is 0.121. The van der Waals surface area contributed by atoms with Crippen molar-refractivity contribution in [2.24, 2.45) is 4.99 Å². The van der Waals surface area contributed by atoms with E-state index in [9.17, 15) is 4.79 Å². The number of aromatic nitrogens is 2. The second kappa shape index (κ2) is 6.05. The van der Waals surface area contributed by atoms with Crippen LogP contribution in [0.25, 0.3) is 6.08 Å². The van der Waals surface area contributed by atoms with E-state index in [0.29, 0.717) is 4.91 Å². The molecule has 1 amide bonds. The average molecular weight is 304 g/mol. The normalized spacial score (nSPS) is 21.2. The Hall–Kier alpha value is -1.56. The Morgan fingerprint density at radius 2 is 2.10 bits per heavy atom. The number of nitrogens with zero attached hydrogens (tertiary/aromatic N) is 4. The van der Waals surface area contributed by atoms with Crippen molar-refractivity contribution in [3.8, 4) is 0 Å². The van der Waals surface area contributed by atoms with Crippen LogP contribution in [0.3, 0.4) is 0 Å². The molecule has 1 fully saturated rings. The third-order valence-electron chi connectivity index (χ3n) is 3.96. The summed E-state index contributed by atoms with van der Waals surface area (Å²) in [6, 6.07) is 0. The highest BCUT2D eigenvalue weighted by atomic mass is 32.2. The van der Waals surface area contributed by atoms with Gasteiger partial charge in [0.15, 0.2) is 5.17 Å². The van der Waals surface area contributed by atoms with Crippen LogP contribution < -0.4 is 0 Å². The maximum atomic E-state index is 12.1. The van der Waals surface area contributed by atoms with Crippen LogP contribution in [0.1, 0.15) is 37.4 Å². The van der Waals surface area contributed by atoms with E-state index in [1.165, 1.54) is 31.0 Å². The number of thioether (sulfide) groups is 1. The molecule has 1 saturated heterocycles. The Morgan fingerprint density at radius 1 is 1.33 bits per heavy atom. The summed E-state index contributed by atoms with van der Waals surface area (Å²) in [6.07, 6.45) is 7.39. The first-order chi connectivity index (χ1) is 10.2. The monoisotopic (exact) mass is 304 g/mol. The van der Waals surface area contributed by atoms with Crippen molar-refractivity contribution in [1.82, 2.24) is 14.7 Å². The van der Waals surface area contributed by atoms with Crippen LogP contribution in [-0.4, -0.2) is 38.8 Å². The van der Waals surface area contributed by atoms with Crippen molar-refractivity contribution in [3.63, 3.8) is 0 Å². The number of aliphatic imine (C=N–C) groups is 1. The molecule has 2 aliphatic heterocycles. The first kappa shape index (κ1) is 14.4. The Bertz CT molecular complexity index is 611. The van der Waals surface area contributed by atoms with Gasteiger partial charge in [0.25, 0.3) is 5.91 Å². The largest absolute Gasteiger partial charge is 0.351 e. The topological polar surface area (TPSA) is 50.5 Å². The molecule has 6 heteroatoms. The maximum Gasteiger partial charge on any atom is 0.286 e. The smallest absolute Gasteiger partial charge is 0.286 e. The summed E-state index contributed by atoms with van der Waals surface area (Å²) in [6.45, 7) is 6.95. The minimum Gasteiger partial charge on any atom is -0.351 e. The van der Waals surface area contributed by atoms with Crippen molar-refractivity contribution in [2.45, 2.75) is 39.7 Å². The molecule has 2 aliphatic rings. The van der Waals surface area contributed by atoms with E-state index < -0.39 is 0 Å². The SMILES string of the molecule is CCn1ncc(C=C2SC(N3CCCCC3)=NC2=O)c1C. The fourth-order valence-electron chi connectivity index (χ4n) is 2.68. The highest BCUT2D eigenvalue weighted by Crippen LogP contribution is 2.31. The van der Waals surface area contributed by atoms with Gasteiger partial charge in [0.05, 0.1) is 11.1 Å². The number of likely N-dealkylation sites (tertiary alicyclic amines) is 1. The lowest BCUT2D eigenvalue weighted by atomic mass is 10.1. The number of amides is 1. The van der Waals surface area contributed by atoms with Crippen LogP contribution in [0, 0.1) is 6.92 Å². The molecule has 0 atom stereocenters. The van der Waals surface area contributed by atoms with Gasteiger partial charge >= 0.3 is 0 Å². The lowest BCUT2D eigenvalue weighted by Crippen LogP contribution is -2.33. The molecule has 5 nitrogen and oxygen atoms in total. The second-order valence-corrected chi connectivity index (χ2v) is 6.37. The Balaban J connectivity index is 1.77. The van der Waals surface area contributed by atoms with Gasteiger partial charge in [-0.3, -0.25) is 9.48 Å². The maximum absolute atomic E-state index is 12.1. The number of aryl methyl sites for hydroxylation is 1. The molecule has 0 saturated carbocycles. The first-order valence-electron chi connectivity index (χ1n) is 7.49. The molecular weight excluding hydrogens is 284 g/mol. The summed E-state index contributed by atoms with van der Waals surface area (Å²) in [5.41, 5.74) is 2.09. The van der Waals surface area contributed by atoms with Crippen LogP contribution in [0.5, 0.6) is 0 Å². The lowest BCUT2D eigenvalue weighted by molar-refractivity contribution is -0.113. The van der Waals surface area contributed by atoms with E-state index in [4.69, 9.17) is 0 Å². The third kappa shape index (κ3) is 2.90. The number of hydrogen-bond acceptors (Lipinski definition) is 4. The van der Waals surface area contributed by atoms with E-state index in [1.807, 2.05) is 23.9 Å². The van der Waals surface area contributed by atoms with E-state index in [-0.39, 0.29) is 5.91 Å². The van der Waals surface area contributed by atoms with Crippen LogP contribution in [0.4, 0.5) is 0 Å². The number of carbonyl (C=O) groups excluding carboxylic acids is 1.